The lowest BCUT2D eigenvalue weighted by atomic mass is 10.0. The molecule has 1 unspecified atom stereocenters. The van der Waals surface area contributed by atoms with E-state index in [1.54, 1.807) is 38.1 Å². The molecule has 0 aromatic heterocycles. The highest BCUT2D eigenvalue weighted by atomic mass is 79.9. The first-order valence-corrected chi connectivity index (χ1v) is 12.9. The van der Waals surface area contributed by atoms with Crippen molar-refractivity contribution in [3.8, 4) is 17.2 Å². The highest BCUT2D eigenvalue weighted by molar-refractivity contribution is 9.10. The standard InChI is InChI=1S/C26H26BrO6P/c1-15-12-16(2)21(17(3)13-15)26(29)34(30,25(28)18-10-8-7-9-11-18)24-22(32-5)19(27)14-20(31-4)23(24)33-6/h7-14H,1-6H3. The molecule has 0 N–H and O–H groups in total. The Labute approximate surface area is 207 Å². The fraction of sp³-hybridized carbons (Fsp3) is 0.231. The number of ether oxygens (including phenoxy) is 3. The van der Waals surface area contributed by atoms with Gasteiger partial charge in [-0.1, -0.05) is 48.0 Å². The van der Waals surface area contributed by atoms with Crippen molar-refractivity contribution in [1.82, 2.24) is 0 Å². The van der Waals surface area contributed by atoms with E-state index in [1.165, 1.54) is 33.5 Å². The van der Waals surface area contributed by atoms with Crippen LogP contribution < -0.4 is 19.5 Å². The Hall–Kier alpha value is -2.89. The summed E-state index contributed by atoms with van der Waals surface area (Å²) in [7, 11) is -0.428. The molecule has 0 saturated carbocycles. The summed E-state index contributed by atoms with van der Waals surface area (Å²) >= 11 is 3.40. The molecule has 34 heavy (non-hydrogen) atoms. The molecule has 8 heteroatoms. The molecule has 6 nitrogen and oxygen atoms in total. The van der Waals surface area contributed by atoms with Gasteiger partial charge in [0, 0.05) is 17.2 Å². The van der Waals surface area contributed by atoms with Gasteiger partial charge >= 0.3 is 0 Å². The lowest BCUT2D eigenvalue weighted by Gasteiger charge is -2.24. The van der Waals surface area contributed by atoms with E-state index in [0.717, 1.165) is 5.56 Å². The third kappa shape index (κ3) is 4.30. The summed E-state index contributed by atoms with van der Waals surface area (Å²) in [6, 6.07) is 13.3. The topological polar surface area (TPSA) is 78.9 Å². The van der Waals surface area contributed by atoms with E-state index in [2.05, 4.69) is 15.9 Å². The molecule has 1 atom stereocenters. The van der Waals surface area contributed by atoms with Gasteiger partial charge in [-0.25, -0.2) is 0 Å². The largest absolute Gasteiger partial charge is 0.495 e. The average Bonchev–Trinajstić information content (AvgIpc) is 2.82. The lowest BCUT2D eigenvalue weighted by Crippen LogP contribution is -2.25. The zero-order valence-electron chi connectivity index (χ0n) is 19.9. The van der Waals surface area contributed by atoms with Crippen molar-refractivity contribution in [3.05, 3.63) is 80.8 Å². The van der Waals surface area contributed by atoms with Crippen LogP contribution in [0, 0.1) is 20.8 Å². The van der Waals surface area contributed by atoms with Crippen molar-refractivity contribution in [2.75, 3.05) is 21.3 Å². The second-order valence-electron chi connectivity index (χ2n) is 7.84. The molecule has 0 aliphatic heterocycles. The summed E-state index contributed by atoms with van der Waals surface area (Å²) in [6.07, 6.45) is 0. The predicted molar refractivity (Wildman–Crippen MR) is 137 cm³/mol. The number of carbonyl (C=O) groups is 2. The number of rotatable bonds is 8. The first-order valence-electron chi connectivity index (χ1n) is 10.4. The third-order valence-electron chi connectivity index (χ3n) is 5.56. The Bertz CT molecular complexity index is 1290. The van der Waals surface area contributed by atoms with Crippen molar-refractivity contribution >= 4 is 39.4 Å². The zero-order valence-corrected chi connectivity index (χ0v) is 22.4. The summed E-state index contributed by atoms with van der Waals surface area (Å²) in [4.78, 5) is 28.2. The van der Waals surface area contributed by atoms with E-state index in [4.69, 9.17) is 14.2 Å². The second-order valence-corrected chi connectivity index (χ2v) is 11.2. The summed E-state index contributed by atoms with van der Waals surface area (Å²) in [5, 5.41) is -0.137. The first-order chi connectivity index (χ1) is 16.1. The van der Waals surface area contributed by atoms with E-state index >= 15 is 4.57 Å². The molecule has 3 aromatic carbocycles. The summed E-state index contributed by atoms with van der Waals surface area (Å²) < 4.78 is 32.0. The van der Waals surface area contributed by atoms with E-state index in [-0.39, 0.29) is 33.7 Å². The number of halogens is 1. The zero-order chi connectivity index (χ0) is 25.2. The highest BCUT2D eigenvalue weighted by Gasteiger charge is 2.49. The number of hydrogen-bond acceptors (Lipinski definition) is 6. The van der Waals surface area contributed by atoms with Crippen molar-refractivity contribution in [3.63, 3.8) is 0 Å². The minimum atomic E-state index is -4.58. The Morgan fingerprint density at radius 2 is 1.35 bits per heavy atom. The number of carbonyl (C=O) groups excluding carboxylic acids is 2. The molecule has 0 spiro atoms. The quantitative estimate of drug-likeness (QED) is 0.320. The molecule has 0 fully saturated rings. The van der Waals surface area contributed by atoms with Crippen molar-refractivity contribution in [2.24, 2.45) is 0 Å². The van der Waals surface area contributed by atoms with Gasteiger partial charge in [-0.15, -0.1) is 0 Å². The molecule has 0 amide bonds. The lowest BCUT2D eigenvalue weighted by molar-refractivity contribution is 0.104. The number of methoxy groups -OCH3 is 3. The summed E-state index contributed by atoms with van der Waals surface area (Å²) in [5.41, 5.74) is 0.996. The van der Waals surface area contributed by atoms with Crippen LogP contribution in [0.25, 0.3) is 0 Å². The minimum absolute atomic E-state index is 0.00549. The van der Waals surface area contributed by atoms with Gasteiger partial charge in [-0.2, -0.15) is 0 Å². The fourth-order valence-corrected chi connectivity index (χ4v) is 7.62. The van der Waals surface area contributed by atoms with Gasteiger partial charge < -0.3 is 18.8 Å². The van der Waals surface area contributed by atoms with Gasteiger partial charge in [0.1, 0.15) is 11.1 Å². The molecular formula is C26H26BrO6P. The van der Waals surface area contributed by atoms with Gasteiger partial charge in [-0.05, 0) is 47.8 Å². The Kier molecular flexibility index (Phi) is 7.69. The van der Waals surface area contributed by atoms with Crippen LogP contribution in [0.1, 0.15) is 37.4 Å². The predicted octanol–water partition coefficient (Wildman–Crippen LogP) is 6.07. The number of hydrogen-bond donors (Lipinski definition) is 0. The SMILES string of the molecule is COc1cc(Br)c(OC)c(P(=O)(C(=O)c2ccccc2)C(=O)c2c(C)cc(C)cc2C)c1OC. The normalized spacial score (nSPS) is 12.6. The van der Waals surface area contributed by atoms with E-state index < -0.39 is 18.2 Å². The molecule has 0 aliphatic rings. The van der Waals surface area contributed by atoms with Gasteiger partial charge in [0.15, 0.2) is 11.5 Å². The first kappa shape index (κ1) is 25.7. The van der Waals surface area contributed by atoms with Crippen LogP contribution in [-0.4, -0.2) is 32.4 Å². The van der Waals surface area contributed by atoms with Crippen LogP contribution in [0.3, 0.4) is 0 Å². The molecule has 0 heterocycles. The maximum Gasteiger partial charge on any atom is 0.256 e. The van der Waals surface area contributed by atoms with Crippen LogP contribution in [0.15, 0.2) is 53.0 Å². The molecule has 0 aliphatic carbocycles. The molecule has 178 valence electrons. The molecular weight excluding hydrogens is 519 g/mol. The smallest absolute Gasteiger partial charge is 0.256 e. The van der Waals surface area contributed by atoms with Gasteiger partial charge in [0.05, 0.1) is 25.8 Å². The minimum Gasteiger partial charge on any atom is -0.495 e. The van der Waals surface area contributed by atoms with Crippen molar-refractivity contribution in [2.45, 2.75) is 20.8 Å². The third-order valence-corrected chi connectivity index (χ3v) is 8.81. The van der Waals surface area contributed by atoms with E-state index in [9.17, 15) is 9.59 Å². The van der Waals surface area contributed by atoms with Gasteiger partial charge in [0.25, 0.3) is 7.14 Å². The van der Waals surface area contributed by atoms with Crippen LogP contribution in [-0.2, 0) is 4.57 Å². The van der Waals surface area contributed by atoms with Gasteiger partial charge in [-0.3, -0.25) is 9.59 Å². The maximum absolute atomic E-state index is 15.0. The van der Waals surface area contributed by atoms with Crippen LogP contribution >= 0.6 is 23.1 Å². The Balaban J connectivity index is 2.49. The van der Waals surface area contributed by atoms with E-state index in [0.29, 0.717) is 15.6 Å². The van der Waals surface area contributed by atoms with Crippen LogP contribution in [0.5, 0.6) is 17.2 Å². The maximum atomic E-state index is 15.0. The molecule has 0 bridgehead atoms. The fourth-order valence-electron chi connectivity index (χ4n) is 4.14. The molecule has 3 rings (SSSR count). The molecule has 3 aromatic rings. The molecule has 0 saturated heterocycles. The van der Waals surface area contributed by atoms with Crippen molar-refractivity contribution < 1.29 is 28.4 Å². The monoisotopic (exact) mass is 544 g/mol. The Morgan fingerprint density at radius 3 is 1.85 bits per heavy atom. The van der Waals surface area contributed by atoms with Crippen molar-refractivity contribution in [1.29, 1.82) is 0 Å². The summed E-state index contributed by atoms with van der Waals surface area (Å²) in [5.74, 6) is 0.281. The van der Waals surface area contributed by atoms with Crippen LogP contribution in [0.2, 0.25) is 0 Å². The van der Waals surface area contributed by atoms with Crippen LogP contribution in [0.4, 0.5) is 0 Å². The molecule has 0 radical (unpaired) electrons. The average molecular weight is 545 g/mol. The number of aryl methyl sites for hydroxylation is 3. The highest BCUT2D eigenvalue weighted by Crippen LogP contribution is 2.58. The Morgan fingerprint density at radius 1 is 0.794 bits per heavy atom. The number of benzene rings is 3. The van der Waals surface area contributed by atoms with E-state index in [1.807, 2.05) is 19.1 Å². The summed E-state index contributed by atoms with van der Waals surface area (Å²) in [6.45, 7) is 5.44. The second kappa shape index (κ2) is 10.2. The van der Waals surface area contributed by atoms with Gasteiger partial charge in [0.2, 0.25) is 11.0 Å².